The van der Waals surface area contributed by atoms with Gasteiger partial charge in [-0.3, -0.25) is 0 Å². The van der Waals surface area contributed by atoms with Gasteiger partial charge < -0.3 is 8.83 Å². The molecule has 2 aromatic heterocycles. The number of fused-ring (bicyclic) bond motifs is 12. The summed E-state index contributed by atoms with van der Waals surface area (Å²) < 4.78 is 13.1. The largest absolute Gasteiger partial charge is 0.456 e. The number of hydrogen-bond donors (Lipinski definition) is 0. The molecule has 0 radical (unpaired) electrons. The third-order valence-electron chi connectivity index (χ3n) is 11.5. The molecule has 0 spiro atoms. The van der Waals surface area contributed by atoms with Crippen molar-refractivity contribution >= 4 is 87.0 Å². The van der Waals surface area contributed by atoms with Crippen LogP contribution in [-0.2, 0) is 0 Å². The van der Waals surface area contributed by atoms with Crippen LogP contribution in [0, 0.1) is 0 Å². The van der Waals surface area contributed by atoms with E-state index < -0.39 is 0 Å². The first kappa shape index (κ1) is 29.4. The fraction of sp³-hybridized carbons (Fsp3) is 0. The maximum Gasteiger partial charge on any atom is 0.143 e. The smallest absolute Gasteiger partial charge is 0.143 e. The van der Waals surface area contributed by atoms with Gasteiger partial charge in [0.15, 0.2) is 0 Å². The first-order chi connectivity index (χ1) is 26.8. The Morgan fingerprint density at radius 1 is 0.259 bits per heavy atom. The van der Waals surface area contributed by atoms with Gasteiger partial charge in [-0.15, -0.1) is 0 Å². The molecular formula is C52H30O2. The summed E-state index contributed by atoms with van der Waals surface area (Å²) in [5, 5.41) is 14.1. The minimum absolute atomic E-state index is 0.874. The predicted octanol–water partition coefficient (Wildman–Crippen LogP) is 15.1. The summed E-state index contributed by atoms with van der Waals surface area (Å²) in [6.07, 6.45) is 0. The Morgan fingerprint density at radius 3 is 1.54 bits per heavy atom. The topological polar surface area (TPSA) is 26.3 Å². The van der Waals surface area contributed by atoms with Gasteiger partial charge >= 0.3 is 0 Å². The minimum atomic E-state index is 0.874. The van der Waals surface area contributed by atoms with E-state index in [9.17, 15) is 0 Å². The average molecular weight is 687 g/mol. The van der Waals surface area contributed by atoms with E-state index in [4.69, 9.17) is 8.83 Å². The molecule has 54 heavy (non-hydrogen) atoms. The van der Waals surface area contributed by atoms with Crippen molar-refractivity contribution < 1.29 is 8.83 Å². The highest BCUT2D eigenvalue weighted by atomic mass is 16.3. The monoisotopic (exact) mass is 686 g/mol. The van der Waals surface area contributed by atoms with Gasteiger partial charge in [-0.25, -0.2) is 0 Å². The number of benzene rings is 10. The first-order valence-corrected chi connectivity index (χ1v) is 18.5. The summed E-state index contributed by atoms with van der Waals surface area (Å²) in [7, 11) is 0. The van der Waals surface area contributed by atoms with Crippen LogP contribution in [0.2, 0.25) is 0 Å². The van der Waals surface area contributed by atoms with E-state index in [1.165, 1.54) is 60.1 Å². The molecule has 2 heteroatoms. The number of furan rings is 2. The Morgan fingerprint density at radius 2 is 0.796 bits per heavy atom. The molecule has 2 heterocycles. The predicted molar refractivity (Wildman–Crippen MR) is 227 cm³/mol. The Balaban J connectivity index is 1.10. The Kier molecular flexibility index (Phi) is 6.09. The second-order valence-corrected chi connectivity index (χ2v) is 14.3. The van der Waals surface area contributed by atoms with E-state index in [0.717, 1.165) is 60.2 Å². The zero-order chi connectivity index (χ0) is 35.3. The van der Waals surface area contributed by atoms with E-state index in [-0.39, 0.29) is 0 Å². The molecule has 0 bridgehead atoms. The molecule has 12 aromatic rings. The highest BCUT2D eigenvalue weighted by Crippen LogP contribution is 2.48. The van der Waals surface area contributed by atoms with Gasteiger partial charge in [-0.05, 0) is 107 Å². The second-order valence-electron chi connectivity index (χ2n) is 14.3. The molecular weight excluding hydrogens is 657 g/mol. The van der Waals surface area contributed by atoms with Gasteiger partial charge in [0.25, 0.3) is 0 Å². The second kappa shape index (κ2) is 11.2. The molecule has 0 aliphatic carbocycles. The van der Waals surface area contributed by atoms with Crippen LogP contribution in [0.5, 0.6) is 0 Å². The molecule has 250 valence electrons. The molecule has 2 nitrogen and oxygen atoms in total. The van der Waals surface area contributed by atoms with Gasteiger partial charge in [0.2, 0.25) is 0 Å². The maximum absolute atomic E-state index is 6.68. The van der Waals surface area contributed by atoms with Crippen LogP contribution in [0.15, 0.2) is 191 Å². The van der Waals surface area contributed by atoms with Gasteiger partial charge in [0, 0.05) is 26.9 Å². The summed E-state index contributed by atoms with van der Waals surface area (Å²) in [6, 6.07) is 65.6. The summed E-state index contributed by atoms with van der Waals surface area (Å²) in [5.74, 6) is 0. The molecule has 0 saturated carbocycles. The molecule has 0 atom stereocenters. The summed E-state index contributed by atoms with van der Waals surface area (Å²) in [5.41, 5.74) is 10.9. The summed E-state index contributed by atoms with van der Waals surface area (Å²) in [6.45, 7) is 0. The van der Waals surface area contributed by atoms with Crippen LogP contribution in [0.3, 0.4) is 0 Å². The fourth-order valence-electron chi connectivity index (χ4n) is 9.13. The maximum atomic E-state index is 6.68. The van der Waals surface area contributed by atoms with Crippen LogP contribution >= 0.6 is 0 Å². The highest BCUT2D eigenvalue weighted by Gasteiger charge is 2.21. The van der Waals surface area contributed by atoms with E-state index in [2.05, 4.69) is 170 Å². The zero-order valence-corrected chi connectivity index (χ0v) is 29.1. The molecule has 0 unspecified atom stereocenters. The van der Waals surface area contributed by atoms with Crippen molar-refractivity contribution in [3.8, 4) is 33.4 Å². The first-order valence-electron chi connectivity index (χ1n) is 18.5. The molecule has 0 N–H and O–H groups in total. The lowest BCUT2D eigenvalue weighted by Crippen LogP contribution is -1.92. The van der Waals surface area contributed by atoms with Gasteiger partial charge in [-0.2, -0.15) is 0 Å². The van der Waals surface area contributed by atoms with Crippen molar-refractivity contribution in [2.75, 3.05) is 0 Å². The molecule has 10 aromatic carbocycles. The van der Waals surface area contributed by atoms with Crippen LogP contribution in [0.1, 0.15) is 0 Å². The molecule has 12 rings (SSSR count). The lowest BCUT2D eigenvalue weighted by molar-refractivity contribution is 0.669. The quantitative estimate of drug-likeness (QED) is 0.173. The van der Waals surface area contributed by atoms with Crippen molar-refractivity contribution in [3.05, 3.63) is 182 Å². The lowest BCUT2D eigenvalue weighted by atomic mass is 9.83. The van der Waals surface area contributed by atoms with E-state index in [0.29, 0.717) is 0 Å². The normalized spacial score (nSPS) is 12.1. The third-order valence-corrected chi connectivity index (χ3v) is 11.5. The van der Waals surface area contributed by atoms with Gasteiger partial charge in [-0.1, -0.05) is 146 Å². The number of hydrogen-bond acceptors (Lipinski definition) is 2. The van der Waals surface area contributed by atoms with E-state index in [1.807, 2.05) is 12.1 Å². The summed E-state index contributed by atoms with van der Waals surface area (Å²) in [4.78, 5) is 0. The fourth-order valence-corrected chi connectivity index (χ4v) is 9.13. The van der Waals surface area contributed by atoms with Crippen LogP contribution in [0.25, 0.3) is 120 Å². The Hall–Kier alpha value is -7.16. The summed E-state index contributed by atoms with van der Waals surface area (Å²) >= 11 is 0. The van der Waals surface area contributed by atoms with E-state index in [1.54, 1.807) is 0 Å². The number of para-hydroxylation sites is 1. The van der Waals surface area contributed by atoms with Crippen molar-refractivity contribution in [2.24, 2.45) is 0 Å². The van der Waals surface area contributed by atoms with Gasteiger partial charge in [0.1, 0.15) is 22.3 Å². The molecule has 0 saturated heterocycles. The molecule has 0 fully saturated rings. The highest BCUT2D eigenvalue weighted by molar-refractivity contribution is 6.27. The molecule has 0 aliphatic rings. The standard InChI is InChI=1S/C52H30O2/c1-2-12-31(13-3-1)33-24-25-41(35-15-5-4-14-34(33)35)50-39-19-8-6-17-37(39)49(38-18-7-9-20-40(38)50)32-22-23-45-48(30-32)53-47-29-28-44-42(51(45)47)26-27-43-36-16-10-11-21-46(36)54-52(43)44/h1-30H. The zero-order valence-electron chi connectivity index (χ0n) is 29.1. The SMILES string of the molecule is c1ccc(-c2ccc(-c3c4ccccc4c(-c4ccc5c(c4)oc4ccc6c(ccc7c8ccccc8oc76)c45)c4ccccc34)c3ccccc23)cc1. The lowest BCUT2D eigenvalue weighted by Gasteiger charge is -2.19. The van der Waals surface area contributed by atoms with Gasteiger partial charge in [0.05, 0.1) is 0 Å². The molecule has 0 aliphatic heterocycles. The Bertz CT molecular complexity index is 3430. The van der Waals surface area contributed by atoms with Crippen molar-refractivity contribution in [2.45, 2.75) is 0 Å². The van der Waals surface area contributed by atoms with Crippen LogP contribution in [-0.4, -0.2) is 0 Å². The van der Waals surface area contributed by atoms with Crippen LogP contribution < -0.4 is 0 Å². The number of rotatable bonds is 3. The van der Waals surface area contributed by atoms with E-state index >= 15 is 0 Å². The van der Waals surface area contributed by atoms with Crippen LogP contribution in [0.4, 0.5) is 0 Å². The molecule has 0 amide bonds. The van der Waals surface area contributed by atoms with Crippen molar-refractivity contribution in [3.63, 3.8) is 0 Å². The Labute approximate surface area is 310 Å². The average Bonchev–Trinajstić information content (AvgIpc) is 3.81. The van der Waals surface area contributed by atoms with Crippen molar-refractivity contribution in [1.82, 2.24) is 0 Å². The van der Waals surface area contributed by atoms with Crippen molar-refractivity contribution in [1.29, 1.82) is 0 Å². The minimum Gasteiger partial charge on any atom is -0.456 e. The third kappa shape index (κ3) is 4.11.